The van der Waals surface area contributed by atoms with Gasteiger partial charge in [0.2, 0.25) is 0 Å². The van der Waals surface area contributed by atoms with E-state index >= 15 is 0 Å². The van der Waals surface area contributed by atoms with Crippen molar-refractivity contribution in [3.63, 3.8) is 0 Å². The highest BCUT2D eigenvalue weighted by Crippen LogP contribution is 2.17. The van der Waals surface area contributed by atoms with Crippen molar-refractivity contribution < 1.29 is 28.2 Å². The van der Waals surface area contributed by atoms with Crippen LogP contribution in [0.5, 0.6) is 5.75 Å². The molecule has 5 nitrogen and oxygen atoms in total. The van der Waals surface area contributed by atoms with Crippen LogP contribution < -0.4 is 4.74 Å². The Bertz CT molecular complexity index is 699. The van der Waals surface area contributed by atoms with Crippen molar-refractivity contribution in [1.29, 1.82) is 0 Å². The molecule has 6 heteroatoms. The minimum atomic E-state index is -0.840. The fourth-order valence-electron chi connectivity index (χ4n) is 1.78. The van der Waals surface area contributed by atoms with Gasteiger partial charge in [0.15, 0.2) is 0 Å². The molecule has 0 saturated heterocycles. The molecule has 0 aliphatic carbocycles. The Hall–Kier alpha value is -2.73. The molecule has 0 aliphatic heterocycles. The summed E-state index contributed by atoms with van der Waals surface area (Å²) in [6.45, 7) is 0.405. The van der Waals surface area contributed by atoms with E-state index in [2.05, 4.69) is 0 Å². The van der Waals surface area contributed by atoms with Gasteiger partial charge >= 0.3 is 11.9 Å². The van der Waals surface area contributed by atoms with E-state index in [0.29, 0.717) is 0 Å². The molecule has 0 unspecified atom stereocenters. The molecule has 0 spiro atoms. The van der Waals surface area contributed by atoms with Crippen LogP contribution >= 0.6 is 0 Å². The molecule has 0 radical (unpaired) electrons. The van der Waals surface area contributed by atoms with Crippen molar-refractivity contribution >= 4 is 11.9 Å². The lowest BCUT2D eigenvalue weighted by atomic mass is 10.2. The van der Waals surface area contributed by atoms with Gasteiger partial charge in [-0.05, 0) is 30.3 Å². The summed E-state index contributed by atoms with van der Waals surface area (Å²) in [6, 6.07) is 11.4. The van der Waals surface area contributed by atoms with E-state index in [0.717, 1.165) is 0 Å². The molecule has 23 heavy (non-hydrogen) atoms. The number of rotatable bonds is 6. The fourth-order valence-corrected chi connectivity index (χ4v) is 1.78. The van der Waals surface area contributed by atoms with Crippen LogP contribution in [-0.4, -0.2) is 32.3 Å². The summed E-state index contributed by atoms with van der Waals surface area (Å²) in [7, 11) is 1.50. The van der Waals surface area contributed by atoms with E-state index in [-0.39, 0.29) is 30.1 Å². The highest BCUT2D eigenvalue weighted by molar-refractivity contribution is 5.92. The molecule has 0 aromatic heterocycles. The van der Waals surface area contributed by atoms with E-state index in [9.17, 15) is 14.0 Å². The van der Waals surface area contributed by atoms with Gasteiger partial charge in [-0.1, -0.05) is 18.2 Å². The lowest BCUT2D eigenvalue weighted by Gasteiger charge is -2.07. The Morgan fingerprint density at radius 1 is 1.00 bits per heavy atom. The molecule has 2 aromatic carbocycles. The van der Waals surface area contributed by atoms with Crippen molar-refractivity contribution in [3.05, 3.63) is 65.5 Å². The van der Waals surface area contributed by atoms with Gasteiger partial charge in [-0.15, -0.1) is 0 Å². The van der Waals surface area contributed by atoms with Crippen LogP contribution in [0.15, 0.2) is 48.5 Å². The first kappa shape index (κ1) is 16.6. The number of carbonyl (C=O) groups excluding carboxylic acids is 2. The second-order valence-electron chi connectivity index (χ2n) is 4.53. The van der Waals surface area contributed by atoms with Crippen LogP contribution in [0.2, 0.25) is 0 Å². The Kier molecular flexibility index (Phi) is 5.82. The zero-order valence-electron chi connectivity index (χ0n) is 12.5. The monoisotopic (exact) mass is 318 g/mol. The van der Waals surface area contributed by atoms with Crippen LogP contribution in [-0.2, 0) is 9.47 Å². The van der Waals surface area contributed by atoms with Crippen LogP contribution in [0.1, 0.15) is 20.7 Å². The van der Waals surface area contributed by atoms with Crippen LogP contribution in [0, 0.1) is 5.82 Å². The van der Waals surface area contributed by atoms with Gasteiger partial charge < -0.3 is 14.2 Å². The first-order chi connectivity index (χ1) is 11.1. The van der Waals surface area contributed by atoms with Gasteiger partial charge in [0, 0.05) is 7.11 Å². The summed E-state index contributed by atoms with van der Waals surface area (Å²) in [5, 5.41) is 0. The molecule has 2 rings (SSSR count). The lowest BCUT2D eigenvalue weighted by molar-refractivity contribution is 0.0387. The number of halogens is 1. The SMILES string of the molecule is COCCOC(=O)c1cccc(OC(=O)c2ccccc2F)c1. The van der Waals surface area contributed by atoms with Crippen molar-refractivity contribution in [1.82, 2.24) is 0 Å². The normalized spacial score (nSPS) is 10.2. The van der Waals surface area contributed by atoms with Crippen molar-refractivity contribution in [2.75, 3.05) is 20.3 Å². The number of hydrogen-bond donors (Lipinski definition) is 0. The van der Waals surface area contributed by atoms with Gasteiger partial charge in [-0.3, -0.25) is 0 Å². The van der Waals surface area contributed by atoms with Crippen LogP contribution in [0.25, 0.3) is 0 Å². The van der Waals surface area contributed by atoms with E-state index in [1.54, 1.807) is 0 Å². The second-order valence-corrected chi connectivity index (χ2v) is 4.53. The largest absolute Gasteiger partial charge is 0.460 e. The average Bonchev–Trinajstić information content (AvgIpc) is 2.55. The smallest absolute Gasteiger partial charge is 0.346 e. The molecule has 120 valence electrons. The molecule has 2 aromatic rings. The van der Waals surface area contributed by atoms with Crippen LogP contribution in [0.3, 0.4) is 0 Å². The topological polar surface area (TPSA) is 61.8 Å². The van der Waals surface area contributed by atoms with Crippen LogP contribution in [0.4, 0.5) is 4.39 Å². The Labute approximate surface area is 132 Å². The molecule has 0 bridgehead atoms. The molecule has 0 amide bonds. The molecule has 0 heterocycles. The predicted octanol–water partition coefficient (Wildman–Crippen LogP) is 2.85. The van der Waals surface area contributed by atoms with Gasteiger partial charge in [0.25, 0.3) is 0 Å². The third kappa shape index (κ3) is 4.62. The molecule has 0 N–H and O–H groups in total. The highest BCUT2D eigenvalue weighted by Gasteiger charge is 2.14. The summed E-state index contributed by atoms with van der Waals surface area (Å²) in [5.41, 5.74) is 0.0421. The zero-order valence-corrected chi connectivity index (χ0v) is 12.5. The lowest BCUT2D eigenvalue weighted by Crippen LogP contribution is -2.12. The molecular formula is C17H15FO5. The number of hydrogen-bond acceptors (Lipinski definition) is 5. The summed E-state index contributed by atoms with van der Waals surface area (Å²) < 4.78 is 28.4. The minimum absolute atomic E-state index is 0.120. The number of methoxy groups -OCH3 is 1. The molecule has 0 saturated carbocycles. The Morgan fingerprint density at radius 3 is 2.52 bits per heavy atom. The van der Waals surface area contributed by atoms with Gasteiger partial charge in [0.05, 0.1) is 17.7 Å². The van der Waals surface area contributed by atoms with Gasteiger partial charge in [0.1, 0.15) is 18.2 Å². The van der Waals surface area contributed by atoms with E-state index in [1.807, 2.05) is 0 Å². The predicted molar refractivity (Wildman–Crippen MR) is 80.0 cm³/mol. The summed E-state index contributed by atoms with van der Waals surface area (Å²) in [4.78, 5) is 23.7. The molecular weight excluding hydrogens is 303 g/mol. The average molecular weight is 318 g/mol. The number of carbonyl (C=O) groups is 2. The quantitative estimate of drug-likeness (QED) is 0.465. The highest BCUT2D eigenvalue weighted by atomic mass is 19.1. The van der Waals surface area contributed by atoms with Crippen molar-refractivity contribution in [2.24, 2.45) is 0 Å². The van der Waals surface area contributed by atoms with E-state index in [1.165, 1.54) is 55.6 Å². The fraction of sp³-hybridized carbons (Fsp3) is 0.176. The standard InChI is InChI=1S/C17H15FO5/c1-21-9-10-22-16(19)12-5-4-6-13(11-12)23-17(20)14-7-2-3-8-15(14)18/h2-8,11H,9-10H2,1H3. The van der Waals surface area contributed by atoms with Crippen molar-refractivity contribution in [3.8, 4) is 5.75 Å². The first-order valence-corrected chi connectivity index (χ1v) is 6.84. The summed E-state index contributed by atoms with van der Waals surface area (Å²) in [5.74, 6) is -1.95. The maximum absolute atomic E-state index is 13.5. The van der Waals surface area contributed by atoms with Gasteiger partial charge in [-0.2, -0.15) is 0 Å². The maximum atomic E-state index is 13.5. The summed E-state index contributed by atoms with van der Waals surface area (Å²) in [6.07, 6.45) is 0. The summed E-state index contributed by atoms with van der Waals surface area (Å²) >= 11 is 0. The number of benzene rings is 2. The second kappa shape index (κ2) is 8.05. The van der Waals surface area contributed by atoms with E-state index < -0.39 is 17.8 Å². The zero-order chi connectivity index (χ0) is 16.7. The third-order valence-corrected chi connectivity index (χ3v) is 2.89. The van der Waals surface area contributed by atoms with E-state index in [4.69, 9.17) is 14.2 Å². The molecule has 0 fully saturated rings. The van der Waals surface area contributed by atoms with Crippen molar-refractivity contribution in [2.45, 2.75) is 0 Å². The third-order valence-electron chi connectivity index (χ3n) is 2.89. The first-order valence-electron chi connectivity index (χ1n) is 6.84. The molecule has 0 aliphatic rings. The Morgan fingerprint density at radius 2 is 1.78 bits per heavy atom. The number of esters is 2. The maximum Gasteiger partial charge on any atom is 0.346 e. The van der Waals surface area contributed by atoms with Gasteiger partial charge in [-0.25, -0.2) is 14.0 Å². The number of ether oxygens (including phenoxy) is 3. The minimum Gasteiger partial charge on any atom is -0.460 e. The molecule has 0 atom stereocenters. The Balaban J connectivity index is 2.07.